The number of benzene rings is 1. The minimum Gasteiger partial charge on any atom is -0.388 e. The van der Waals surface area contributed by atoms with Crippen molar-refractivity contribution in [3.8, 4) is 0 Å². The number of aryl methyl sites for hydroxylation is 1. The van der Waals surface area contributed by atoms with Crippen LogP contribution < -0.4 is 4.90 Å². The molecule has 1 aromatic heterocycles. The second kappa shape index (κ2) is 8.59. The molecule has 25 heavy (non-hydrogen) atoms. The molecule has 1 amide bonds. The lowest BCUT2D eigenvalue weighted by molar-refractivity contribution is -0.116. The van der Waals surface area contributed by atoms with Gasteiger partial charge in [-0.2, -0.15) is 0 Å². The van der Waals surface area contributed by atoms with Crippen LogP contribution in [0.4, 0.5) is 5.69 Å². The smallest absolute Gasteiger partial charge is 0.223 e. The van der Waals surface area contributed by atoms with Gasteiger partial charge in [0.05, 0.1) is 11.1 Å². The molecule has 0 spiro atoms. The van der Waals surface area contributed by atoms with Gasteiger partial charge in [0.2, 0.25) is 5.91 Å². The molecule has 0 radical (unpaired) electrons. The van der Waals surface area contributed by atoms with Crippen LogP contribution in [0.25, 0.3) is 0 Å². The topological polar surface area (TPSA) is 53.4 Å². The van der Waals surface area contributed by atoms with Gasteiger partial charge in [0.25, 0.3) is 0 Å². The number of unbranched alkanes of at least 4 members (excludes halogenated alkanes) is 1. The van der Waals surface area contributed by atoms with Crippen molar-refractivity contribution in [3.63, 3.8) is 0 Å². The molecule has 1 heterocycles. The Kier molecular flexibility index (Phi) is 6.21. The molecule has 1 fully saturated rings. The lowest BCUT2D eigenvalue weighted by Gasteiger charge is -2.30. The Morgan fingerprint density at radius 1 is 1.32 bits per heavy atom. The fourth-order valence-electron chi connectivity index (χ4n) is 3.27. The van der Waals surface area contributed by atoms with Crippen molar-refractivity contribution in [2.24, 2.45) is 5.92 Å². The third kappa shape index (κ3) is 4.67. The number of aromatic nitrogens is 1. The monoisotopic (exact) mass is 358 g/mol. The highest BCUT2D eigenvalue weighted by molar-refractivity contribution is 7.09. The van der Waals surface area contributed by atoms with Crippen LogP contribution in [0.1, 0.15) is 55.7 Å². The van der Waals surface area contributed by atoms with Gasteiger partial charge >= 0.3 is 0 Å². The maximum atomic E-state index is 12.0. The number of anilines is 1. The first kappa shape index (κ1) is 18.1. The zero-order valence-electron chi connectivity index (χ0n) is 14.7. The Morgan fingerprint density at radius 3 is 2.64 bits per heavy atom. The number of carbonyl (C=O) groups is 1. The SMILES string of the molecule is CC(=O)N(CCCCc1nccs1)c1ccc(C(O)C2CCC2)cc1. The number of aliphatic hydroxyl groups excluding tert-OH is 1. The number of nitrogens with zero attached hydrogens (tertiary/aromatic N) is 2. The third-order valence-electron chi connectivity index (χ3n) is 5.03. The molecule has 0 bridgehead atoms. The largest absolute Gasteiger partial charge is 0.388 e. The maximum Gasteiger partial charge on any atom is 0.223 e. The number of thiazole rings is 1. The molecule has 1 atom stereocenters. The van der Waals surface area contributed by atoms with E-state index >= 15 is 0 Å². The van der Waals surface area contributed by atoms with Crippen LogP contribution in [-0.4, -0.2) is 22.5 Å². The molecule has 1 N–H and O–H groups in total. The van der Waals surface area contributed by atoms with Gasteiger partial charge in [-0.15, -0.1) is 11.3 Å². The Labute approximate surface area is 153 Å². The number of hydrogen-bond donors (Lipinski definition) is 1. The fourth-order valence-corrected chi connectivity index (χ4v) is 3.93. The van der Waals surface area contributed by atoms with E-state index < -0.39 is 0 Å². The van der Waals surface area contributed by atoms with Gasteiger partial charge in [-0.3, -0.25) is 4.79 Å². The van der Waals surface area contributed by atoms with Crippen molar-refractivity contribution >= 4 is 22.9 Å². The Bertz CT molecular complexity index is 666. The van der Waals surface area contributed by atoms with Crippen molar-refractivity contribution in [3.05, 3.63) is 46.4 Å². The van der Waals surface area contributed by atoms with Crippen LogP contribution in [0.15, 0.2) is 35.8 Å². The van der Waals surface area contributed by atoms with E-state index in [4.69, 9.17) is 0 Å². The van der Waals surface area contributed by atoms with Gasteiger partial charge < -0.3 is 10.0 Å². The summed E-state index contributed by atoms with van der Waals surface area (Å²) in [5.41, 5.74) is 1.87. The molecular formula is C20H26N2O2S. The maximum absolute atomic E-state index is 12.0. The lowest BCUT2D eigenvalue weighted by atomic mass is 9.79. The van der Waals surface area contributed by atoms with E-state index in [0.717, 1.165) is 48.4 Å². The van der Waals surface area contributed by atoms with Crippen LogP contribution in [0.3, 0.4) is 0 Å². The summed E-state index contributed by atoms with van der Waals surface area (Å²) in [5, 5.41) is 13.5. The first-order chi connectivity index (χ1) is 12.1. The summed E-state index contributed by atoms with van der Waals surface area (Å²) in [6.45, 7) is 2.32. The number of hydrogen-bond acceptors (Lipinski definition) is 4. The van der Waals surface area contributed by atoms with Gasteiger partial charge in [0.15, 0.2) is 0 Å². The van der Waals surface area contributed by atoms with Crippen molar-refractivity contribution < 1.29 is 9.90 Å². The van der Waals surface area contributed by atoms with Crippen LogP contribution in [0.5, 0.6) is 0 Å². The summed E-state index contributed by atoms with van der Waals surface area (Å²) >= 11 is 1.68. The van der Waals surface area contributed by atoms with Crippen LogP contribution in [-0.2, 0) is 11.2 Å². The Hall–Kier alpha value is -1.72. The first-order valence-electron chi connectivity index (χ1n) is 9.09. The highest BCUT2D eigenvalue weighted by atomic mass is 32.1. The van der Waals surface area contributed by atoms with E-state index in [-0.39, 0.29) is 12.0 Å². The van der Waals surface area contributed by atoms with Gasteiger partial charge in [-0.1, -0.05) is 18.6 Å². The summed E-state index contributed by atoms with van der Waals surface area (Å²) in [7, 11) is 0. The van der Waals surface area contributed by atoms with E-state index in [9.17, 15) is 9.90 Å². The molecule has 134 valence electrons. The molecule has 5 heteroatoms. The summed E-state index contributed by atoms with van der Waals surface area (Å²) in [5.74, 6) is 0.460. The molecule has 0 saturated heterocycles. The van der Waals surface area contributed by atoms with Gasteiger partial charge in [-0.25, -0.2) is 4.98 Å². The predicted molar refractivity (Wildman–Crippen MR) is 102 cm³/mol. The van der Waals surface area contributed by atoms with E-state index in [1.807, 2.05) is 40.7 Å². The normalized spacial score (nSPS) is 15.6. The second-order valence-electron chi connectivity index (χ2n) is 6.78. The molecule has 0 aliphatic heterocycles. The van der Waals surface area contributed by atoms with Gasteiger partial charge in [-0.05, 0) is 55.7 Å². The quantitative estimate of drug-likeness (QED) is 0.714. The van der Waals surface area contributed by atoms with Gasteiger partial charge in [0.1, 0.15) is 0 Å². The van der Waals surface area contributed by atoms with Crippen molar-refractivity contribution in [1.82, 2.24) is 4.98 Å². The summed E-state index contributed by atoms with van der Waals surface area (Å²) < 4.78 is 0. The highest BCUT2D eigenvalue weighted by Gasteiger charge is 2.26. The average Bonchev–Trinajstić information content (AvgIpc) is 3.06. The molecule has 1 unspecified atom stereocenters. The van der Waals surface area contributed by atoms with Gasteiger partial charge in [0, 0.05) is 30.7 Å². The second-order valence-corrected chi connectivity index (χ2v) is 7.76. The van der Waals surface area contributed by atoms with Crippen molar-refractivity contribution in [1.29, 1.82) is 0 Å². The number of carbonyl (C=O) groups excluding carboxylic acids is 1. The molecule has 1 saturated carbocycles. The van der Waals surface area contributed by atoms with Crippen LogP contribution in [0.2, 0.25) is 0 Å². The summed E-state index contributed by atoms with van der Waals surface area (Å²) in [6, 6.07) is 7.84. The Morgan fingerprint density at radius 2 is 2.08 bits per heavy atom. The molecule has 2 aromatic rings. The Balaban J connectivity index is 1.55. The van der Waals surface area contributed by atoms with E-state index in [0.29, 0.717) is 12.5 Å². The first-order valence-corrected chi connectivity index (χ1v) is 9.97. The van der Waals surface area contributed by atoms with Crippen LogP contribution >= 0.6 is 11.3 Å². The minimum absolute atomic E-state index is 0.0570. The third-order valence-corrected chi connectivity index (χ3v) is 5.87. The van der Waals surface area contributed by atoms with Crippen LogP contribution in [0, 0.1) is 5.92 Å². The molecule has 4 nitrogen and oxygen atoms in total. The predicted octanol–water partition coefficient (Wildman–Crippen LogP) is 4.35. The van der Waals surface area contributed by atoms with E-state index in [1.165, 1.54) is 6.42 Å². The minimum atomic E-state index is -0.369. The fraction of sp³-hybridized carbons (Fsp3) is 0.500. The number of aliphatic hydroxyl groups is 1. The van der Waals surface area contributed by atoms with Crippen molar-refractivity contribution in [2.45, 2.75) is 51.6 Å². The summed E-state index contributed by atoms with van der Waals surface area (Å²) in [6.07, 6.45) is 7.85. The van der Waals surface area contributed by atoms with E-state index in [2.05, 4.69) is 4.98 Å². The zero-order chi connectivity index (χ0) is 17.6. The standard InChI is InChI=1S/C20H26N2O2S/c1-15(23)22(13-3-2-7-19-21-12-14-25-19)18-10-8-17(9-11-18)20(24)16-5-4-6-16/h8-12,14,16,20,24H,2-7,13H2,1H3. The van der Waals surface area contributed by atoms with E-state index in [1.54, 1.807) is 18.3 Å². The molecule has 3 rings (SSSR count). The van der Waals surface area contributed by atoms with Crippen molar-refractivity contribution in [2.75, 3.05) is 11.4 Å². The molecule has 1 aliphatic carbocycles. The number of rotatable bonds is 8. The average molecular weight is 359 g/mol. The highest BCUT2D eigenvalue weighted by Crippen LogP contribution is 2.37. The number of amides is 1. The molecular weight excluding hydrogens is 332 g/mol. The summed E-state index contributed by atoms with van der Waals surface area (Å²) in [4.78, 5) is 18.1. The molecule has 1 aromatic carbocycles. The zero-order valence-corrected chi connectivity index (χ0v) is 15.5. The molecule has 1 aliphatic rings. The lowest BCUT2D eigenvalue weighted by Crippen LogP contribution is -2.29.